The minimum absolute atomic E-state index is 0.188. The summed E-state index contributed by atoms with van der Waals surface area (Å²) in [6.07, 6.45) is 1.30. The summed E-state index contributed by atoms with van der Waals surface area (Å²) in [4.78, 5) is 23.7. The molecule has 1 aliphatic heterocycles. The highest BCUT2D eigenvalue weighted by molar-refractivity contribution is 7.92. The number of urea groups is 1. The molecule has 3 rings (SSSR count). The van der Waals surface area contributed by atoms with Gasteiger partial charge in [0.2, 0.25) is 0 Å². The van der Waals surface area contributed by atoms with Gasteiger partial charge < -0.3 is 5.32 Å². The largest absolute Gasteiger partial charge is 0.322 e. The standard InChI is InChI=1S/C14H16N2O4S/c1-9-4-6-10(7-5-9)21(19,20)11-3-2-8-14(11)12(17)15-13(18)16-14/h4-7,11H,2-3,8H2,1H3,(H2,15,16,17,18). The molecule has 0 radical (unpaired) electrons. The average Bonchev–Trinajstić information content (AvgIpc) is 2.95. The van der Waals surface area contributed by atoms with Crippen LogP contribution in [0, 0.1) is 6.92 Å². The van der Waals surface area contributed by atoms with Gasteiger partial charge in [-0.15, -0.1) is 0 Å². The van der Waals surface area contributed by atoms with Crippen LogP contribution in [0.1, 0.15) is 24.8 Å². The molecule has 2 unspecified atom stereocenters. The smallest absolute Gasteiger partial charge is 0.322 e. The number of hydrogen-bond acceptors (Lipinski definition) is 4. The third kappa shape index (κ3) is 2.03. The van der Waals surface area contributed by atoms with Crippen LogP contribution in [0.3, 0.4) is 0 Å². The number of rotatable bonds is 2. The molecule has 1 heterocycles. The second kappa shape index (κ2) is 4.56. The van der Waals surface area contributed by atoms with Gasteiger partial charge in [0.05, 0.1) is 10.1 Å². The van der Waals surface area contributed by atoms with Gasteiger partial charge in [-0.2, -0.15) is 0 Å². The van der Waals surface area contributed by atoms with Crippen LogP contribution in [0.2, 0.25) is 0 Å². The van der Waals surface area contributed by atoms with E-state index in [-0.39, 0.29) is 4.90 Å². The molecule has 21 heavy (non-hydrogen) atoms. The van der Waals surface area contributed by atoms with E-state index in [1.54, 1.807) is 24.3 Å². The van der Waals surface area contributed by atoms with Crippen LogP contribution in [0.15, 0.2) is 29.2 Å². The van der Waals surface area contributed by atoms with Crippen molar-refractivity contribution in [2.24, 2.45) is 0 Å². The molecule has 0 aromatic heterocycles. The Morgan fingerprint density at radius 1 is 1.19 bits per heavy atom. The predicted molar refractivity (Wildman–Crippen MR) is 75.4 cm³/mol. The topological polar surface area (TPSA) is 92.3 Å². The van der Waals surface area contributed by atoms with Gasteiger partial charge >= 0.3 is 6.03 Å². The molecule has 1 aromatic rings. The van der Waals surface area contributed by atoms with Crippen molar-refractivity contribution in [1.29, 1.82) is 0 Å². The van der Waals surface area contributed by atoms with Crippen molar-refractivity contribution >= 4 is 21.8 Å². The van der Waals surface area contributed by atoms with E-state index in [1.165, 1.54) is 0 Å². The number of sulfone groups is 1. The molecule has 0 bridgehead atoms. The molecule has 1 spiro atoms. The highest BCUT2D eigenvalue weighted by Crippen LogP contribution is 2.39. The van der Waals surface area contributed by atoms with Crippen molar-refractivity contribution in [2.75, 3.05) is 0 Å². The van der Waals surface area contributed by atoms with E-state index in [1.807, 2.05) is 6.92 Å². The van der Waals surface area contributed by atoms with Crippen molar-refractivity contribution in [1.82, 2.24) is 10.6 Å². The van der Waals surface area contributed by atoms with Crippen molar-refractivity contribution < 1.29 is 18.0 Å². The number of amides is 3. The lowest BCUT2D eigenvalue weighted by Gasteiger charge is -2.27. The zero-order valence-electron chi connectivity index (χ0n) is 11.5. The van der Waals surface area contributed by atoms with Gasteiger partial charge in [-0.1, -0.05) is 17.7 Å². The molecule has 1 saturated carbocycles. The minimum Gasteiger partial charge on any atom is -0.322 e. The maximum atomic E-state index is 12.8. The Labute approximate surface area is 122 Å². The zero-order chi connectivity index (χ0) is 15.3. The van der Waals surface area contributed by atoms with Gasteiger partial charge in [0.25, 0.3) is 5.91 Å². The first-order chi connectivity index (χ1) is 9.86. The van der Waals surface area contributed by atoms with Crippen LogP contribution in [-0.4, -0.2) is 31.1 Å². The summed E-state index contributed by atoms with van der Waals surface area (Å²) < 4.78 is 25.7. The number of hydrogen-bond donors (Lipinski definition) is 2. The molecule has 1 saturated heterocycles. The average molecular weight is 308 g/mol. The SMILES string of the molecule is Cc1ccc(S(=O)(=O)C2CCCC23NC(=O)NC3=O)cc1. The Morgan fingerprint density at radius 3 is 2.43 bits per heavy atom. The fraction of sp³-hybridized carbons (Fsp3) is 0.429. The lowest BCUT2D eigenvalue weighted by atomic mass is 9.98. The lowest BCUT2D eigenvalue weighted by Crippen LogP contribution is -2.55. The summed E-state index contributed by atoms with van der Waals surface area (Å²) in [5, 5.41) is 3.78. The molecular formula is C14H16N2O4S. The molecule has 2 aliphatic rings. The van der Waals surface area contributed by atoms with Gasteiger partial charge in [-0.25, -0.2) is 13.2 Å². The summed E-state index contributed by atoms with van der Waals surface area (Å²) in [5.41, 5.74) is -0.358. The molecule has 112 valence electrons. The Bertz CT molecular complexity index is 711. The van der Waals surface area contributed by atoms with Crippen LogP contribution < -0.4 is 10.6 Å². The van der Waals surface area contributed by atoms with Gasteiger partial charge in [0.1, 0.15) is 5.54 Å². The van der Waals surface area contributed by atoms with E-state index < -0.39 is 32.6 Å². The monoisotopic (exact) mass is 308 g/mol. The Balaban J connectivity index is 2.04. The number of carbonyl (C=O) groups is 2. The summed E-state index contributed by atoms with van der Waals surface area (Å²) in [5.74, 6) is -0.536. The number of aryl methyl sites for hydroxylation is 1. The van der Waals surface area contributed by atoms with Crippen molar-refractivity contribution in [3.05, 3.63) is 29.8 Å². The lowest BCUT2D eigenvalue weighted by molar-refractivity contribution is -0.123. The van der Waals surface area contributed by atoms with E-state index in [2.05, 4.69) is 10.6 Å². The van der Waals surface area contributed by atoms with Crippen molar-refractivity contribution in [3.63, 3.8) is 0 Å². The molecule has 7 heteroatoms. The van der Waals surface area contributed by atoms with E-state index >= 15 is 0 Å². The van der Waals surface area contributed by atoms with Crippen molar-refractivity contribution in [2.45, 2.75) is 41.9 Å². The second-order valence-corrected chi connectivity index (χ2v) is 7.75. The second-order valence-electron chi connectivity index (χ2n) is 5.62. The number of imide groups is 1. The summed E-state index contributed by atoms with van der Waals surface area (Å²) >= 11 is 0. The van der Waals surface area contributed by atoms with Gasteiger partial charge in [-0.05, 0) is 38.3 Å². The van der Waals surface area contributed by atoms with Crippen LogP contribution >= 0.6 is 0 Å². The fourth-order valence-corrected chi connectivity index (χ4v) is 5.33. The van der Waals surface area contributed by atoms with Crippen LogP contribution in [0.5, 0.6) is 0 Å². The molecule has 2 N–H and O–H groups in total. The Hall–Kier alpha value is -1.89. The highest BCUT2D eigenvalue weighted by Gasteiger charge is 2.59. The summed E-state index contributed by atoms with van der Waals surface area (Å²) in [6.45, 7) is 1.87. The summed E-state index contributed by atoms with van der Waals surface area (Å²) in [7, 11) is -3.68. The number of nitrogens with one attached hydrogen (secondary N) is 2. The van der Waals surface area contributed by atoms with Crippen LogP contribution in [0.25, 0.3) is 0 Å². The van der Waals surface area contributed by atoms with Gasteiger partial charge in [-0.3, -0.25) is 10.1 Å². The Kier molecular flexibility index (Phi) is 3.05. The molecule has 3 amide bonds. The first-order valence-corrected chi connectivity index (χ1v) is 8.35. The number of benzene rings is 1. The van der Waals surface area contributed by atoms with E-state index in [9.17, 15) is 18.0 Å². The maximum absolute atomic E-state index is 12.8. The van der Waals surface area contributed by atoms with Gasteiger partial charge in [0, 0.05) is 0 Å². The first kappa shape index (κ1) is 14.1. The predicted octanol–water partition coefficient (Wildman–Crippen LogP) is 0.899. The van der Waals surface area contributed by atoms with Gasteiger partial charge in [0.15, 0.2) is 9.84 Å². The fourth-order valence-electron chi connectivity index (χ4n) is 3.19. The molecule has 2 fully saturated rings. The van der Waals surface area contributed by atoms with E-state index in [0.717, 1.165) is 5.56 Å². The third-order valence-corrected chi connectivity index (χ3v) is 6.60. The molecule has 1 aliphatic carbocycles. The van der Waals surface area contributed by atoms with Crippen LogP contribution in [0.4, 0.5) is 4.79 Å². The molecular weight excluding hydrogens is 292 g/mol. The van der Waals surface area contributed by atoms with Crippen LogP contribution in [-0.2, 0) is 14.6 Å². The zero-order valence-corrected chi connectivity index (χ0v) is 12.4. The first-order valence-electron chi connectivity index (χ1n) is 6.80. The maximum Gasteiger partial charge on any atom is 0.322 e. The molecule has 1 aromatic carbocycles. The van der Waals surface area contributed by atoms with E-state index in [4.69, 9.17) is 0 Å². The summed E-state index contributed by atoms with van der Waals surface area (Å²) in [6, 6.07) is 5.92. The molecule has 2 atom stereocenters. The Morgan fingerprint density at radius 2 is 1.86 bits per heavy atom. The quantitative estimate of drug-likeness (QED) is 0.794. The molecule has 6 nitrogen and oxygen atoms in total. The minimum atomic E-state index is -3.68. The normalized spacial score (nSPS) is 28.7. The van der Waals surface area contributed by atoms with Crippen molar-refractivity contribution in [3.8, 4) is 0 Å². The highest BCUT2D eigenvalue weighted by atomic mass is 32.2. The number of carbonyl (C=O) groups excluding carboxylic acids is 2. The third-order valence-electron chi connectivity index (χ3n) is 4.28. The van der Waals surface area contributed by atoms with E-state index in [0.29, 0.717) is 19.3 Å².